The van der Waals surface area contributed by atoms with Gasteiger partial charge in [0, 0.05) is 22.8 Å². The van der Waals surface area contributed by atoms with Crippen LogP contribution in [0.15, 0.2) is 43.0 Å². The van der Waals surface area contributed by atoms with Crippen molar-refractivity contribution in [3.05, 3.63) is 53.1 Å². The van der Waals surface area contributed by atoms with Gasteiger partial charge in [-0.2, -0.15) is 0 Å². The molecular formula is C11H8N4O2. The quantitative estimate of drug-likeness (QED) is 0.539. The first-order chi connectivity index (χ1) is 8.24. The molecule has 2 heterocycles. The highest BCUT2D eigenvalue weighted by Gasteiger charge is 2.10. The van der Waals surface area contributed by atoms with Gasteiger partial charge >= 0.3 is 5.82 Å². The third-order valence-corrected chi connectivity index (χ3v) is 2.59. The Morgan fingerprint density at radius 1 is 1.35 bits per heavy atom. The number of nitrogens with one attached hydrogen (secondary N) is 1. The molecule has 84 valence electrons. The minimum atomic E-state index is -0.509. The van der Waals surface area contributed by atoms with Crippen LogP contribution in [0.2, 0.25) is 0 Å². The molecule has 0 aliphatic rings. The fraction of sp³-hybridized carbons (Fsp3) is 0. The standard InChI is InChI=1S/C11H8N4O2/c16-15(17)11-6-14(7-13-11)9-1-2-10-8(5-9)3-4-12-10/h1-7,12H. The highest BCUT2D eigenvalue weighted by Crippen LogP contribution is 2.18. The predicted molar refractivity (Wildman–Crippen MR) is 62.1 cm³/mol. The molecule has 3 aromatic rings. The highest BCUT2D eigenvalue weighted by molar-refractivity contribution is 5.81. The van der Waals surface area contributed by atoms with Crippen molar-refractivity contribution in [3.63, 3.8) is 0 Å². The Morgan fingerprint density at radius 3 is 3.00 bits per heavy atom. The van der Waals surface area contributed by atoms with Gasteiger partial charge in [0.1, 0.15) is 6.20 Å². The van der Waals surface area contributed by atoms with Crippen LogP contribution >= 0.6 is 0 Å². The Bertz CT molecular complexity index is 698. The van der Waals surface area contributed by atoms with Gasteiger partial charge in [0.15, 0.2) is 0 Å². The normalized spacial score (nSPS) is 10.8. The van der Waals surface area contributed by atoms with E-state index < -0.39 is 4.92 Å². The van der Waals surface area contributed by atoms with Gasteiger partial charge in [0.2, 0.25) is 6.33 Å². The summed E-state index contributed by atoms with van der Waals surface area (Å²) in [4.78, 5) is 16.8. The van der Waals surface area contributed by atoms with Gasteiger partial charge < -0.3 is 15.1 Å². The minimum absolute atomic E-state index is 0.154. The summed E-state index contributed by atoms with van der Waals surface area (Å²) in [5.41, 5.74) is 1.88. The Hall–Kier alpha value is -2.63. The number of nitro groups is 1. The molecular weight excluding hydrogens is 220 g/mol. The van der Waals surface area contributed by atoms with Gasteiger partial charge in [-0.15, -0.1) is 0 Å². The number of fused-ring (bicyclic) bond motifs is 1. The number of hydrogen-bond donors (Lipinski definition) is 1. The molecule has 0 spiro atoms. The van der Waals surface area contributed by atoms with Crippen molar-refractivity contribution in [1.82, 2.24) is 14.5 Å². The van der Waals surface area contributed by atoms with E-state index in [1.54, 1.807) is 4.57 Å². The van der Waals surface area contributed by atoms with Crippen LogP contribution < -0.4 is 0 Å². The third-order valence-electron chi connectivity index (χ3n) is 2.59. The molecule has 2 aromatic heterocycles. The van der Waals surface area contributed by atoms with Crippen molar-refractivity contribution in [2.75, 3.05) is 0 Å². The van der Waals surface area contributed by atoms with Crippen molar-refractivity contribution in [2.45, 2.75) is 0 Å². The Balaban J connectivity index is 2.09. The van der Waals surface area contributed by atoms with Crippen LogP contribution in [0.3, 0.4) is 0 Å². The van der Waals surface area contributed by atoms with E-state index in [-0.39, 0.29) is 5.82 Å². The number of imidazole rings is 1. The Labute approximate surface area is 95.7 Å². The first-order valence-corrected chi connectivity index (χ1v) is 5.00. The van der Waals surface area contributed by atoms with E-state index in [4.69, 9.17) is 0 Å². The second-order valence-electron chi connectivity index (χ2n) is 3.65. The molecule has 0 amide bonds. The summed E-state index contributed by atoms with van der Waals surface area (Å²) in [6.07, 6.45) is 4.69. The Morgan fingerprint density at radius 2 is 2.24 bits per heavy atom. The number of nitrogens with zero attached hydrogens (tertiary/aromatic N) is 3. The smallest absolute Gasteiger partial charge is 0.361 e. The number of benzene rings is 1. The van der Waals surface area contributed by atoms with Crippen LogP contribution in [0, 0.1) is 10.1 Å². The average Bonchev–Trinajstić information content (AvgIpc) is 2.97. The fourth-order valence-electron chi connectivity index (χ4n) is 1.75. The fourth-order valence-corrected chi connectivity index (χ4v) is 1.75. The van der Waals surface area contributed by atoms with Gasteiger partial charge in [-0.1, -0.05) is 0 Å². The molecule has 3 rings (SSSR count). The lowest BCUT2D eigenvalue weighted by atomic mass is 10.2. The number of aromatic amines is 1. The zero-order valence-corrected chi connectivity index (χ0v) is 8.70. The van der Waals surface area contributed by atoms with Crippen molar-refractivity contribution >= 4 is 16.7 Å². The van der Waals surface area contributed by atoms with Gasteiger partial charge in [0.25, 0.3) is 0 Å². The SMILES string of the molecule is O=[N+]([O-])c1cn(-c2ccc3[nH]ccc3c2)cn1. The number of hydrogen-bond acceptors (Lipinski definition) is 3. The lowest BCUT2D eigenvalue weighted by Gasteiger charge is -1.99. The molecule has 0 saturated heterocycles. The number of rotatable bonds is 2. The highest BCUT2D eigenvalue weighted by atomic mass is 16.6. The van der Waals surface area contributed by atoms with E-state index in [2.05, 4.69) is 9.97 Å². The van der Waals surface area contributed by atoms with Crippen LogP contribution in [-0.4, -0.2) is 19.5 Å². The van der Waals surface area contributed by atoms with E-state index in [0.29, 0.717) is 0 Å². The molecule has 0 aliphatic heterocycles. The molecule has 0 saturated carbocycles. The molecule has 0 fully saturated rings. The minimum Gasteiger partial charge on any atom is -0.361 e. The van der Waals surface area contributed by atoms with Crippen molar-refractivity contribution in [3.8, 4) is 5.69 Å². The van der Waals surface area contributed by atoms with E-state index in [0.717, 1.165) is 16.6 Å². The van der Waals surface area contributed by atoms with E-state index in [1.807, 2.05) is 30.5 Å². The third kappa shape index (κ3) is 1.55. The van der Waals surface area contributed by atoms with Crippen molar-refractivity contribution in [1.29, 1.82) is 0 Å². The lowest BCUT2D eigenvalue weighted by molar-refractivity contribution is -0.389. The summed E-state index contributed by atoms with van der Waals surface area (Å²) in [6.45, 7) is 0. The van der Waals surface area contributed by atoms with Gasteiger partial charge in [-0.05, 0) is 34.2 Å². The summed E-state index contributed by atoms with van der Waals surface area (Å²) in [5, 5.41) is 11.6. The average molecular weight is 228 g/mol. The molecule has 0 radical (unpaired) electrons. The molecule has 0 atom stereocenters. The van der Waals surface area contributed by atoms with Gasteiger partial charge in [-0.25, -0.2) is 0 Å². The van der Waals surface area contributed by atoms with E-state index >= 15 is 0 Å². The first kappa shape index (κ1) is 9.59. The molecule has 0 aliphatic carbocycles. The largest absolute Gasteiger partial charge is 0.381 e. The van der Waals surface area contributed by atoms with Crippen LogP contribution in [0.25, 0.3) is 16.6 Å². The first-order valence-electron chi connectivity index (χ1n) is 5.00. The summed E-state index contributed by atoms with van der Waals surface area (Å²) < 4.78 is 1.63. The zero-order chi connectivity index (χ0) is 11.8. The second kappa shape index (κ2) is 3.44. The summed E-state index contributed by atoms with van der Waals surface area (Å²) in [5.74, 6) is -0.154. The van der Waals surface area contributed by atoms with Gasteiger partial charge in [0.05, 0.1) is 0 Å². The number of aromatic nitrogens is 3. The summed E-state index contributed by atoms with van der Waals surface area (Å²) >= 11 is 0. The maximum atomic E-state index is 10.5. The molecule has 0 bridgehead atoms. The maximum Gasteiger partial charge on any atom is 0.381 e. The van der Waals surface area contributed by atoms with Crippen LogP contribution in [0.5, 0.6) is 0 Å². The molecule has 17 heavy (non-hydrogen) atoms. The molecule has 1 N–H and O–H groups in total. The maximum absolute atomic E-state index is 10.5. The summed E-state index contributed by atoms with van der Waals surface area (Å²) in [6, 6.07) is 7.70. The van der Waals surface area contributed by atoms with Crippen molar-refractivity contribution < 1.29 is 4.92 Å². The predicted octanol–water partition coefficient (Wildman–Crippen LogP) is 2.26. The van der Waals surface area contributed by atoms with Crippen LogP contribution in [0.4, 0.5) is 5.82 Å². The van der Waals surface area contributed by atoms with Crippen LogP contribution in [0.1, 0.15) is 0 Å². The monoisotopic (exact) mass is 228 g/mol. The Kier molecular flexibility index (Phi) is 1.94. The second-order valence-corrected chi connectivity index (χ2v) is 3.65. The molecule has 0 unspecified atom stereocenters. The van der Waals surface area contributed by atoms with Crippen molar-refractivity contribution in [2.24, 2.45) is 0 Å². The summed E-state index contributed by atoms with van der Waals surface area (Å²) in [7, 11) is 0. The lowest BCUT2D eigenvalue weighted by Crippen LogP contribution is -1.90. The van der Waals surface area contributed by atoms with E-state index in [9.17, 15) is 10.1 Å². The van der Waals surface area contributed by atoms with E-state index in [1.165, 1.54) is 12.5 Å². The molecule has 6 heteroatoms. The number of H-pyrrole nitrogens is 1. The van der Waals surface area contributed by atoms with Crippen LogP contribution in [-0.2, 0) is 0 Å². The molecule has 1 aromatic carbocycles. The zero-order valence-electron chi connectivity index (χ0n) is 8.70. The van der Waals surface area contributed by atoms with Gasteiger partial charge in [-0.3, -0.25) is 4.57 Å². The topological polar surface area (TPSA) is 76.8 Å². The molecule has 6 nitrogen and oxygen atoms in total.